The molecule has 1 aromatic carbocycles. The number of nitrogens with one attached hydrogen (secondary N) is 1. The van der Waals surface area contributed by atoms with Crippen molar-refractivity contribution in [2.24, 2.45) is 0 Å². The molecule has 0 aromatic heterocycles. The molecular formula is C17H25N3O. The van der Waals surface area contributed by atoms with E-state index in [1.807, 2.05) is 15.9 Å². The number of hydrogen-bond acceptors (Lipinski definition) is 2. The Morgan fingerprint density at radius 2 is 2.00 bits per heavy atom. The van der Waals surface area contributed by atoms with Crippen molar-refractivity contribution >= 4 is 11.7 Å². The standard InChI is InChI=1S/C17H25N3O/c1-13(2)19-11-12-20(16(19)21)15-8-5-4-7-14(15)17(3)9-6-10-18-17/h4-5,7-8,13,18H,6,9-12H2,1-3H3. The molecule has 0 radical (unpaired) electrons. The third kappa shape index (κ3) is 2.42. The molecule has 21 heavy (non-hydrogen) atoms. The monoisotopic (exact) mass is 287 g/mol. The highest BCUT2D eigenvalue weighted by Crippen LogP contribution is 2.37. The van der Waals surface area contributed by atoms with E-state index in [-0.39, 0.29) is 17.6 Å². The van der Waals surface area contributed by atoms with E-state index < -0.39 is 0 Å². The summed E-state index contributed by atoms with van der Waals surface area (Å²) in [6.45, 7) is 9.05. The molecular weight excluding hydrogens is 262 g/mol. The molecule has 2 heterocycles. The molecule has 114 valence electrons. The molecule has 1 N–H and O–H groups in total. The topological polar surface area (TPSA) is 35.6 Å². The lowest BCUT2D eigenvalue weighted by Crippen LogP contribution is -2.39. The van der Waals surface area contributed by atoms with Crippen LogP contribution in [0.2, 0.25) is 0 Å². The van der Waals surface area contributed by atoms with Crippen molar-refractivity contribution in [3.8, 4) is 0 Å². The van der Waals surface area contributed by atoms with Crippen LogP contribution in [-0.4, -0.2) is 36.6 Å². The van der Waals surface area contributed by atoms with Gasteiger partial charge in [0.05, 0.1) is 5.69 Å². The van der Waals surface area contributed by atoms with Gasteiger partial charge < -0.3 is 10.2 Å². The second kappa shape index (κ2) is 5.34. The van der Waals surface area contributed by atoms with Crippen LogP contribution < -0.4 is 10.2 Å². The maximum absolute atomic E-state index is 12.7. The summed E-state index contributed by atoms with van der Waals surface area (Å²) in [5, 5.41) is 3.61. The Morgan fingerprint density at radius 1 is 1.24 bits per heavy atom. The summed E-state index contributed by atoms with van der Waals surface area (Å²) in [4.78, 5) is 16.5. The first-order valence-electron chi connectivity index (χ1n) is 7.95. The molecule has 0 bridgehead atoms. The van der Waals surface area contributed by atoms with Crippen molar-refractivity contribution < 1.29 is 4.79 Å². The minimum Gasteiger partial charge on any atom is -0.320 e. The minimum absolute atomic E-state index is 0.0118. The van der Waals surface area contributed by atoms with E-state index in [1.165, 1.54) is 12.0 Å². The van der Waals surface area contributed by atoms with Crippen molar-refractivity contribution in [1.82, 2.24) is 10.2 Å². The van der Waals surface area contributed by atoms with Crippen LogP contribution >= 0.6 is 0 Å². The normalized spacial score (nSPS) is 26.2. The maximum Gasteiger partial charge on any atom is 0.324 e. The molecule has 1 aromatic rings. The summed E-state index contributed by atoms with van der Waals surface area (Å²) in [6.07, 6.45) is 2.32. The van der Waals surface area contributed by atoms with Gasteiger partial charge in [-0.15, -0.1) is 0 Å². The first-order chi connectivity index (χ1) is 10.0. The van der Waals surface area contributed by atoms with E-state index in [0.29, 0.717) is 0 Å². The van der Waals surface area contributed by atoms with Gasteiger partial charge in [-0.1, -0.05) is 18.2 Å². The number of nitrogens with zero attached hydrogens (tertiary/aromatic N) is 2. The fourth-order valence-corrected chi connectivity index (χ4v) is 3.56. The van der Waals surface area contributed by atoms with Gasteiger partial charge in [0.1, 0.15) is 0 Å². The molecule has 3 rings (SSSR count). The molecule has 2 amide bonds. The maximum atomic E-state index is 12.7. The molecule has 0 aliphatic carbocycles. The molecule has 2 aliphatic heterocycles. The summed E-state index contributed by atoms with van der Waals surface area (Å²) in [5.74, 6) is 0. The lowest BCUT2D eigenvalue weighted by atomic mass is 9.89. The number of amides is 2. The lowest BCUT2D eigenvalue weighted by molar-refractivity contribution is 0.209. The SMILES string of the molecule is CC(C)N1CCN(c2ccccc2C2(C)CCCN2)C1=O. The van der Waals surface area contributed by atoms with Crippen molar-refractivity contribution in [3.05, 3.63) is 29.8 Å². The third-order valence-corrected chi connectivity index (χ3v) is 4.82. The third-order valence-electron chi connectivity index (χ3n) is 4.82. The minimum atomic E-state index is -0.0118. The summed E-state index contributed by atoms with van der Waals surface area (Å²) in [7, 11) is 0. The second-order valence-electron chi connectivity index (χ2n) is 6.60. The quantitative estimate of drug-likeness (QED) is 0.928. The van der Waals surface area contributed by atoms with Crippen molar-refractivity contribution in [2.75, 3.05) is 24.5 Å². The Labute approximate surface area is 127 Å². The summed E-state index contributed by atoms with van der Waals surface area (Å²) >= 11 is 0. The van der Waals surface area contributed by atoms with Crippen LogP contribution in [0.1, 0.15) is 39.2 Å². The highest BCUT2D eigenvalue weighted by Gasteiger charge is 2.37. The van der Waals surface area contributed by atoms with E-state index in [4.69, 9.17) is 0 Å². The van der Waals surface area contributed by atoms with E-state index in [2.05, 4.69) is 44.3 Å². The van der Waals surface area contributed by atoms with Gasteiger partial charge in [0.15, 0.2) is 0 Å². The van der Waals surface area contributed by atoms with Gasteiger partial charge in [-0.05, 0) is 51.8 Å². The number of benzene rings is 1. The molecule has 0 spiro atoms. The van der Waals surface area contributed by atoms with Gasteiger partial charge in [0.25, 0.3) is 0 Å². The molecule has 4 heteroatoms. The molecule has 2 saturated heterocycles. The van der Waals surface area contributed by atoms with E-state index >= 15 is 0 Å². The number of rotatable bonds is 3. The highest BCUT2D eigenvalue weighted by molar-refractivity contribution is 5.95. The first kappa shape index (κ1) is 14.4. The highest BCUT2D eigenvalue weighted by atomic mass is 16.2. The van der Waals surface area contributed by atoms with Crippen LogP contribution in [0.4, 0.5) is 10.5 Å². The largest absolute Gasteiger partial charge is 0.324 e. The van der Waals surface area contributed by atoms with Crippen LogP contribution in [0.3, 0.4) is 0 Å². The fraction of sp³-hybridized carbons (Fsp3) is 0.588. The van der Waals surface area contributed by atoms with E-state index in [9.17, 15) is 4.79 Å². The fourth-order valence-electron chi connectivity index (χ4n) is 3.56. The Kier molecular flexibility index (Phi) is 3.66. The van der Waals surface area contributed by atoms with Crippen molar-refractivity contribution in [2.45, 2.75) is 45.2 Å². The average Bonchev–Trinajstić information content (AvgIpc) is 3.06. The molecule has 2 fully saturated rings. The van der Waals surface area contributed by atoms with Gasteiger partial charge in [-0.2, -0.15) is 0 Å². The number of carbonyl (C=O) groups excluding carboxylic acids is 1. The van der Waals surface area contributed by atoms with Crippen LogP contribution in [0.5, 0.6) is 0 Å². The van der Waals surface area contributed by atoms with Crippen LogP contribution in [0, 0.1) is 0 Å². The molecule has 0 saturated carbocycles. The van der Waals surface area contributed by atoms with E-state index in [1.54, 1.807) is 0 Å². The summed E-state index contributed by atoms with van der Waals surface area (Å²) < 4.78 is 0. The predicted octanol–water partition coefficient (Wildman–Crippen LogP) is 2.94. The van der Waals surface area contributed by atoms with Gasteiger partial charge in [0.2, 0.25) is 0 Å². The molecule has 1 unspecified atom stereocenters. The van der Waals surface area contributed by atoms with Gasteiger partial charge in [-0.3, -0.25) is 4.90 Å². The van der Waals surface area contributed by atoms with Gasteiger partial charge in [-0.25, -0.2) is 4.79 Å². The number of carbonyl (C=O) groups is 1. The van der Waals surface area contributed by atoms with Crippen LogP contribution in [0.25, 0.3) is 0 Å². The van der Waals surface area contributed by atoms with Gasteiger partial charge >= 0.3 is 6.03 Å². The lowest BCUT2D eigenvalue weighted by Gasteiger charge is -2.31. The second-order valence-corrected chi connectivity index (χ2v) is 6.60. The Hall–Kier alpha value is -1.55. The molecule has 4 nitrogen and oxygen atoms in total. The Morgan fingerprint density at radius 3 is 2.62 bits per heavy atom. The predicted molar refractivity (Wildman–Crippen MR) is 85.6 cm³/mol. The van der Waals surface area contributed by atoms with Crippen LogP contribution in [0.15, 0.2) is 24.3 Å². The zero-order valence-electron chi connectivity index (χ0n) is 13.2. The zero-order valence-corrected chi connectivity index (χ0v) is 13.2. The Balaban J connectivity index is 1.95. The molecule has 1 atom stereocenters. The number of anilines is 1. The summed E-state index contributed by atoms with van der Waals surface area (Å²) in [6, 6.07) is 8.75. The number of urea groups is 1. The number of para-hydroxylation sites is 1. The van der Waals surface area contributed by atoms with E-state index in [0.717, 1.165) is 31.7 Å². The zero-order chi connectivity index (χ0) is 15.0. The Bertz CT molecular complexity index is 535. The van der Waals surface area contributed by atoms with Crippen molar-refractivity contribution in [1.29, 1.82) is 0 Å². The summed E-state index contributed by atoms with van der Waals surface area (Å²) in [5.41, 5.74) is 2.31. The number of hydrogen-bond donors (Lipinski definition) is 1. The molecule has 2 aliphatic rings. The average molecular weight is 287 g/mol. The van der Waals surface area contributed by atoms with Crippen LogP contribution in [-0.2, 0) is 5.54 Å². The van der Waals surface area contributed by atoms with Crippen molar-refractivity contribution in [3.63, 3.8) is 0 Å². The first-order valence-corrected chi connectivity index (χ1v) is 7.95. The van der Waals surface area contributed by atoms with Gasteiger partial charge in [0, 0.05) is 24.7 Å². The smallest absolute Gasteiger partial charge is 0.320 e.